The van der Waals surface area contributed by atoms with Crippen molar-refractivity contribution in [1.82, 2.24) is 5.32 Å². The largest absolute Gasteiger partial charge is 0.368 e. The molecular weight excluding hydrogens is 171 g/mol. The van der Waals surface area contributed by atoms with Gasteiger partial charge in [0.25, 0.3) is 0 Å². The number of hydrogen-bond donors (Lipinski definition) is 2. The Bertz CT molecular complexity index is 182. The quantitative estimate of drug-likeness (QED) is 0.375. The highest BCUT2D eigenvalue weighted by Gasteiger charge is 2.22. The Morgan fingerprint density at radius 1 is 1.80 bits per heavy atom. The van der Waals surface area contributed by atoms with Crippen molar-refractivity contribution in [3.8, 4) is 0 Å². The van der Waals surface area contributed by atoms with Gasteiger partial charge in [0.1, 0.15) is 0 Å². The van der Waals surface area contributed by atoms with E-state index in [0.717, 1.165) is 11.4 Å². The maximum atomic E-state index is 11.1. The van der Waals surface area contributed by atoms with E-state index in [1.165, 1.54) is 7.05 Å². The van der Waals surface area contributed by atoms with Crippen LogP contribution in [-0.4, -0.2) is 30.8 Å². The third-order valence-corrected chi connectivity index (χ3v) is 4.41. The standard InChI is InChI=1S/C4H11N2O2PS/c1-5-4(6-2)9(7,8)10-3/h1-3H3,(H,5,6)(H,7,8). The molecule has 0 aromatic rings. The van der Waals surface area contributed by atoms with E-state index in [9.17, 15) is 4.57 Å². The van der Waals surface area contributed by atoms with Crippen molar-refractivity contribution < 1.29 is 9.46 Å². The molecule has 1 unspecified atom stereocenters. The Kier molecular flexibility index (Phi) is 4.01. The summed E-state index contributed by atoms with van der Waals surface area (Å²) < 4.78 is 11.1. The minimum atomic E-state index is -3.23. The zero-order chi connectivity index (χ0) is 8.20. The average Bonchev–Trinajstić information content (AvgIpc) is 1.90. The first-order chi connectivity index (χ1) is 4.58. The highest BCUT2D eigenvalue weighted by Crippen LogP contribution is 2.53. The second-order valence-electron chi connectivity index (χ2n) is 1.50. The van der Waals surface area contributed by atoms with Crippen molar-refractivity contribution >= 4 is 23.5 Å². The molecule has 0 saturated carbocycles. The van der Waals surface area contributed by atoms with Crippen LogP contribution in [0.15, 0.2) is 4.99 Å². The van der Waals surface area contributed by atoms with Crippen LogP contribution in [0, 0.1) is 0 Å². The van der Waals surface area contributed by atoms with E-state index >= 15 is 0 Å². The van der Waals surface area contributed by atoms with Gasteiger partial charge in [-0.2, -0.15) is 0 Å². The van der Waals surface area contributed by atoms with Gasteiger partial charge in [0.2, 0.25) is 0 Å². The van der Waals surface area contributed by atoms with Crippen molar-refractivity contribution in [2.75, 3.05) is 20.4 Å². The molecule has 0 aliphatic heterocycles. The van der Waals surface area contributed by atoms with Gasteiger partial charge < -0.3 is 10.2 Å². The average molecular weight is 182 g/mol. The fourth-order valence-corrected chi connectivity index (χ4v) is 2.21. The molecule has 0 radical (unpaired) electrons. The minimum absolute atomic E-state index is 0.153. The number of hydrogen-bond acceptors (Lipinski definition) is 3. The van der Waals surface area contributed by atoms with Gasteiger partial charge in [-0.3, -0.25) is 9.56 Å². The molecule has 1 atom stereocenters. The molecule has 0 bridgehead atoms. The van der Waals surface area contributed by atoms with Gasteiger partial charge in [0.05, 0.1) is 0 Å². The monoisotopic (exact) mass is 182 g/mol. The topological polar surface area (TPSA) is 61.7 Å². The van der Waals surface area contributed by atoms with E-state index in [1.807, 2.05) is 0 Å². The first-order valence-electron chi connectivity index (χ1n) is 2.62. The van der Waals surface area contributed by atoms with Crippen molar-refractivity contribution in [3.63, 3.8) is 0 Å². The Morgan fingerprint density at radius 2 is 2.30 bits per heavy atom. The fraction of sp³-hybridized carbons (Fsp3) is 0.750. The van der Waals surface area contributed by atoms with E-state index in [4.69, 9.17) is 4.89 Å². The lowest BCUT2D eigenvalue weighted by Crippen LogP contribution is -2.16. The molecule has 0 rings (SSSR count). The molecule has 0 aliphatic rings. The fourth-order valence-electron chi connectivity index (χ4n) is 0.466. The molecule has 0 heterocycles. The third-order valence-electron chi connectivity index (χ3n) is 0.951. The summed E-state index contributed by atoms with van der Waals surface area (Å²) in [5.41, 5.74) is 0.153. The molecule has 0 spiro atoms. The first kappa shape index (κ1) is 10.0. The van der Waals surface area contributed by atoms with Crippen LogP contribution in [-0.2, 0) is 4.57 Å². The van der Waals surface area contributed by atoms with E-state index < -0.39 is 6.57 Å². The van der Waals surface area contributed by atoms with E-state index in [2.05, 4.69) is 10.3 Å². The highest BCUT2D eigenvalue weighted by atomic mass is 32.7. The maximum absolute atomic E-state index is 11.1. The number of amidine groups is 1. The molecule has 0 saturated heterocycles. The molecule has 0 aromatic heterocycles. The molecule has 4 nitrogen and oxygen atoms in total. The molecule has 10 heavy (non-hydrogen) atoms. The summed E-state index contributed by atoms with van der Waals surface area (Å²) in [4.78, 5) is 12.7. The van der Waals surface area contributed by atoms with E-state index in [1.54, 1.807) is 13.3 Å². The predicted octanol–water partition coefficient (Wildman–Crippen LogP) is 0.740. The van der Waals surface area contributed by atoms with Crippen LogP contribution >= 0.6 is 18.0 Å². The second-order valence-corrected chi connectivity index (χ2v) is 5.91. The maximum Gasteiger partial charge on any atom is 0.317 e. The predicted molar refractivity (Wildman–Crippen MR) is 45.8 cm³/mol. The summed E-state index contributed by atoms with van der Waals surface area (Å²) >= 11 is 0.902. The molecule has 6 heteroatoms. The van der Waals surface area contributed by atoms with Crippen LogP contribution < -0.4 is 5.32 Å². The van der Waals surface area contributed by atoms with Crippen molar-refractivity contribution in [2.45, 2.75) is 0 Å². The first-order valence-corrected chi connectivity index (χ1v) is 6.11. The zero-order valence-electron chi connectivity index (χ0n) is 6.16. The molecule has 0 aliphatic carbocycles. The molecule has 60 valence electrons. The van der Waals surface area contributed by atoms with E-state index in [0.29, 0.717) is 0 Å². The normalized spacial score (nSPS) is 18.2. The lowest BCUT2D eigenvalue weighted by molar-refractivity contribution is 0.509. The van der Waals surface area contributed by atoms with Crippen LogP contribution in [0.3, 0.4) is 0 Å². The minimum Gasteiger partial charge on any atom is -0.368 e. The Hall–Kier alpha value is 0.01000. The molecule has 2 N–H and O–H groups in total. The molecular formula is C4H11N2O2PS. The van der Waals surface area contributed by atoms with Crippen molar-refractivity contribution in [1.29, 1.82) is 0 Å². The summed E-state index contributed by atoms with van der Waals surface area (Å²) in [6.45, 7) is -3.23. The number of rotatable bonds is 2. The molecule has 0 fully saturated rings. The lowest BCUT2D eigenvalue weighted by Gasteiger charge is -2.08. The molecule has 0 aromatic carbocycles. The van der Waals surface area contributed by atoms with Crippen LogP contribution in [0.25, 0.3) is 0 Å². The number of nitrogens with one attached hydrogen (secondary N) is 1. The Balaban J connectivity index is 4.45. The smallest absolute Gasteiger partial charge is 0.317 e. The van der Waals surface area contributed by atoms with Gasteiger partial charge in [-0.05, 0) is 6.26 Å². The van der Waals surface area contributed by atoms with Crippen LogP contribution in [0.2, 0.25) is 0 Å². The highest BCUT2D eigenvalue weighted by molar-refractivity contribution is 8.60. The van der Waals surface area contributed by atoms with Crippen LogP contribution in [0.5, 0.6) is 0 Å². The number of nitrogens with zero attached hydrogens (tertiary/aromatic N) is 1. The third kappa shape index (κ3) is 2.33. The summed E-state index contributed by atoms with van der Waals surface area (Å²) in [5, 5.41) is 2.56. The van der Waals surface area contributed by atoms with Crippen molar-refractivity contribution in [2.24, 2.45) is 4.99 Å². The second kappa shape index (κ2) is 4.01. The zero-order valence-corrected chi connectivity index (χ0v) is 7.87. The lowest BCUT2D eigenvalue weighted by atomic mass is 11.1. The Morgan fingerprint density at radius 3 is 2.40 bits per heavy atom. The summed E-state index contributed by atoms with van der Waals surface area (Å²) in [5.74, 6) is 0. The Labute approximate surface area is 64.3 Å². The van der Waals surface area contributed by atoms with Gasteiger partial charge in [0, 0.05) is 14.1 Å². The van der Waals surface area contributed by atoms with Gasteiger partial charge in [-0.1, -0.05) is 11.4 Å². The van der Waals surface area contributed by atoms with Gasteiger partial charge in [-0.25, -0.2) is 0 Å². The van der Waals surface area contributed by atoms with Crippen molar-refractivity contribution in [3.05, 3.63) is 0 Å². The van der Waals surface area contributed by atoms with Crippen LogP contribution in [0.1, 0.15) is 0 Å². The van der Waals surface area contributed by atoms with Gasteiger partial charge in [0.15, 0.2) is 5.58 Å². The van der Waals surface area contributed by atoms with E-state index in [-0.39, 0.29) is 5.58 Å². The number of aliphatic imine (C=N–C) groups is 1. The van der Waals surface area contributed by atoms with Gasteiger partial charge in [-0.15, -0.1) is 0 Å². The summed E-state index contributed by atoms with van der Waals surface area (Å²) in [6, 6.07) is 0. The SMILES string of the molecule is CN=C(NC)P(=O)(O)SC. The summed E-state index contributed by atoms with van der Waals surface area (Å²) in [6.07, 6.45) is 1.57. The molecule has 0 amide bonds. The van der Waals surface area contributed by atoms with Gasteiger partial charge >= 0.3 is 6.57 Å². The van der Waals surface area contributed by atoms with Crippen LogP contribution in [0.4, 0.5) is 0 Å². The summed E-state index contributed by atoms with van der Waals surface area (Å²) in [7, 11) is 3.05.